The van der Waals surface area contributed by atoms with Crippen LogP contribution in [0.4, 0.5) is 5.69 Å². The quantitative estimate of drug-likeness (QED) is 0.813. The fraction of sp³-hybridized carbons (Fsp3) is 0.250. The van der Waals surface area contributed by atoms with Crippen molar-refractivity contribution in [3.05, 3.63) is 24.3 Å². The predicted octanol–water partition coefficient (Wildman–Crippen LogP) is 2.05. The summed E-state index contributed by atoms with van der Waals surface area (Å²) in [6.07, 6.45) is 0. The number of benzene rings is 1. The number of para-hydroxylation sites is 1. The lowest BCUT2D eigenvalue weighted by molar-refractivity contribution is -0.118. The van der Waals surface area contributed by atoms with Crippen molar-refractivity contribution in [1.82, 2.24) is 9.88 Å². The van der Waals surface area contributed by atoms with Crippen molar-refractivity contribution in [2.24, 2.45) is 10.2 Å². The fourth-order valence-corrected chi connectivity index (χ4v) is 1.62. The average Bonchev–Trinajstić information content (AvgIpc) is 2.61. The van der Waals surface area contributed by atoms with Crippen LogP contribution in [0.2, 0.25) is 0 Å². The Bertz CT molecular complexity index is 601. The maximum absolute atomic E-state index is 11.4. The number of fused-ring (bicyclic) bond motifs is 1. The predicted molar refractivity (Wildman–Crippen MR) is 68.0 cm³/mol. The summed E-state index contributed by atoms with van der Waals surface area (Å²) in [7, 11) is 3.55. The Morgan fingerprint density at radius 2 is 2.11 bits per heavy atom. The van der Waals surface area contributed by atoms with Crippen LogP contribution in [-0.2, 0) is 4.79 Å². The molecular formula is C12H14N4O2. The number of rotatable bonds is 3. The van der Waals surface area contributed by atoms with Gasteiger partial charge in [-0.05, 0) is 20.2 Å². The van der Waals surface area contributed by atoms with Gasteiger partial charge in [0.25, 0.3) is 5.91 Å². The Morgan fingerprint density at radius 1 is 1.39 bits per heavy atom. The monoisotopic (exact) mass is 246 g/mol. The number of likely N-dealkylation sites (N-methyl/N-ethyl adjacent to an activating group) is 1. The number of carbonyl (C=O) groups is 1. The molecule has 0 unspecified atom stereocenters. The molecule has 0 saturated carbocycles. The van der Waals surface area contributed by atoms with Crippen LogP contribution < -0.4 is 0 Å². The molecular weight excluding hydrogens is 232 g/mol. The zero-order chi connectivity index (χ0) is 13.1. The van der Waals surface area contributed by atoms with E-state index in [-0.39, 0.29) is 24.0 Å². The molecule has 0 aliphatic carbocycles. The molecule has 1 amide bonds. The molecule has 1 aromatic carbocycles. The van der Waals surface area contributed by atoms with Gasteiger partial charge in [0.1, 0.15) is 0 Å². The van der Waals surface area contributed by atoms with Gasteiger partial charge in [-0.2, -0.15) is 0 Å². The first-order valence-electron chi connectivity index (χ1n) is 5.47. The van der Waals surface area contributed by atoms with Crippen molar-refractivity contribution in [3.8, 4) is 5.88 Å². The largest absolute Gasteiger partial charge is 0.493 e. The Balaban J connectivity index is 2.29. The fourth-order valence-electron chi connectivity index (χ4n) is 1.62. The number of amides is 1. The number of aromatic hydroxyl groups is 1. The first-order chi connectivity index (χ1) is 8.58. The summed E-state index contributed by atoms with van der Waals surface area (Å²) in [5, 5.41) is 17.8. The van der Waals surface area contributed by atoms with E-state index < -0.39 is 0 Å². The van der Waals surface area contributed by atoms with E-state index in [0.717, 1.165) is 10.9 Å². The smallest absolute Gasteiger partial charge is 0.278 e. The van der Waals surface area contributed by atoms with Crippen LogP contribution in [0.25, 0.3) is 10.9 Å². The molecule has 2 aromatic rings. The Morgan fingerprint density at radius 3 is 2.83 bits per heavy atom. The molecule has 1 heterocycles. The van der Waals surface area contributed by atoms with Crippen molar-refractivity contribution in [2.45, 2.75) is 0 Å². The lowest BCUT2D eigenvalue weighted by atomic mass is 10.2. The molecule has 0 fully saturated rings. The van der Waals surface area contributed by atoms with Crippen molar-refractivity contribution in [2.75, 3.05) is 20.6 Å². The van der Waals surface area contributed by atoms with Crippen molar-refractivity contribution in [1.29, 1.82) is 0 Å². The Labute approximate surface area is 104 Å². The summed E-state index contributed by atoms with van der Waals surface area (Å²) >= 11 is 0. The molecule has 0 aliphatic rings. The molecule has 0 atom stereocenters. The van der Waals surface area contributed by atoms with Crippen LogP contribution >= 0.6 is 0 Å². The Kier molecular flexibility index (Phi) is 3.38. The number of azo groups is 1. The number of nitrogens with one attached hydrogen (secondary N) is 1. The van der Waals surface area contributed by atoms with Gasteiger partial charge in [0.2, 0.25) is 5.88 Å². The standard InChI is InChI=1S/C12H14N4O2/c1-16(2)7-10(17)14-15-11-8-5-3-4-6-9(8)13-12(11)18/h3-6,13,18H,7H2,1-2H3. The Hall–Kier alpha value is -2.21. The van der Waals surface area contributed by atoms with Gasteiger partial charge in [-0.3, -0.25) is 4.79 Å². The topological polar surface area (TPSA) is 81.1 Å². The second-order valence-electron chi connectivity index (χ2n) is 4.20. The molecule has 0 radical (unpaired) electrons. The van der Waals surface area contributed by atoms with E-state index in [1.807, 2.05) is 18.2 Å². The first kappa shape index (κ1) is 12.3. The molecule has 0 spiro atoms. The minimum absolute atomic E-state index is 0.0856. The summed E-state index contributed by atoms with van der Waals surface area (Å²) < 4.78 is 0. The third-order valence-electron chi connectivity index (χ3n) is 2.37. The summed E-state index contributed by atoms with van der Waals surface area (Å²) in [6, 6.07) is 7.29. The maximum atomic E-state index is 11.4. The molecule has 0 saturated heterocycles. The van der Waals surface area contributed by atoms with E-state index in [1.165, 1.54) is 0 Å². The molecule has 0 aliphatic heterocycles. The summed E-state index contributed by atoms with van der Waals surface area (Å²) in [4.78, 5) is 15.9. The summed E-state index contributed by atoms with van der Waals surface area (Å²) in [5.41, 5.74) is 1.04. The maximum Gasteiger partial charge on any atom is 0.278 e. The van der Waals surface area contributed by atoms with Gasteiger partial charge in [-0.15, -0.1) is 10.2 Å². The van der Waals surface area contributed by atoms with Gasteiger partial charge < -0.3 is 15.0 Å². The van der Waals surface area contributed by atoms with E-state index in [9.17, 15) is 9.90 Å². The van der Waals surface area contributed by atoms with Crippen LogP contribution in [-0.4, -0.2) is 41.5 Å². The molecule has 6 nitrogen and oxygen atoms in total. The second-order valence-corrected chi connectivity index (χ2v) is 4.20. The summed E-state index contributed by atoms with van der Waals surface area (Å²) in [5.74, 6) is -0.442. The zero-order valence-electron chi connectivity index (χ0n) is 10.2. The normalized spacial score (nSPS) is 11.7. The summed E-state index contributed by atoms with van der Waals surface area (Å²) in [6.45, 7) is 0.187. The number of aromatic nitrogens is 1. The van der Waals surface area contributed by atoms with Gasteiger partial charge in [0.15, 0.2) is 5.69 Å². The highest BCUT2D eigenvalue weighted by Gasteiger charge is 2.10. The SMILES string of the molecule is CN(C)CC(=O)N=Nc1c(O)[nH]c2ccccc12. The number of hydrogen-bond acceptors (Lipinski definition) is 4. The number of aromatic amines is 1. The number of hydrogen-bond donors (Lipinski definition) is 2. The molecule has 18 heavy (non-hydrogen) atoms. The van der Waals surface area contributed by atoms with Crippen molar-refractivity contribution >= 4 is 22.5 Å². The van der Waals surface area contributed by atoms with Gasteiger partial charge in [-0.25, -0.2) is 0 Å². The van der Waals surface area contributed by atoms with Gasteiger partial charge in [0.05, 0.1) is 12.1 Å². The molecule has 0 bridgehead atoms. The van der Waals surface area contributed by atoms with Gasteiger partial charge >= 0.3 is 0 Å². The molecule has 94 valence electrons. The van der Waals surface area contributed by atoms with E-state index in [2.05, 4.69) is 15.2 Å². The van der Waals surface area contributed by atoms with Gasteiger partial charge in [-0.1, -0.05) is 18.2 Å². The number of carbonyl (C=O) groups excluding carboxylic acids is 1. The minimum Gasteiger partial charge on any atom is -0.493 e. The molecule has 1 aromatic heterocycles. The lowest BCUT2D eigenvalue weighted by Crippen LogP contribution is -2.19. The van der Waals surface area contributed by atoms with Crippen molar-refractivity contribution < 1.29 is 9.90 Å². The second kappa shape index (κ2) is 4.97. The van der Waals surface area contributed by atoms with E-state index in [4.69, 9.17) is 0 Å². The van der Waals surface area contributed by atoms with Crippen LogP contribution in [0, 0.1) is 0 Å². The highest BCUT2D eigenvalue weighted by Crippen LogP contribution is 2.34. The van der Waals surface area contributed by atoms with E-state index in [0.29, 0.717) is 0 Å². The number of H-pyrrole nitrogens is 1. The van der Waals surface area contributed by atoms with Gasteiger partial charge in [0, 0.05) is 5.39 Å². The molecule has 6 heteroatoms. The minimum atomic E-state index is -0.357. The molecule has 2 N–H and O–H groups in total. The first-order valence-corrected chi connectivity index (χ1v) is 5.47. The van der Waals surface area contributed by atoms with Crippen LogP contribution in [0.5, 0.6) is 5.88 Å². The third-order valence-corrected chi connectivity index (χ3v) is 2.37. The third kappa shape index (κ3) is 2.54. The highest BCUT2D eigenvalue weighted by atomic mass is 16.3. The number of nitrogens with zero attached hydrogens (tertiary/aromatic N) is 3. The van der Waals surface area contributed by atoms with E-state index in [1.54, 1.807) is 25.1 Å². The van der Waals surface area contributed by atoms with Crippen molar-refractivity contribution in [3.63, 3.8) is 0 Å². The van der Waals surface area contributed by atoms with Crippen LogP contribution in [0.3, 0.4) is 0 Å². The van der Waals surface area contributed by atoms with Crippen LogP contribution in [0.1, 0.15) is 0 Å². The highest BCUT2D eigenvalue weighted by molar-refractivity contribution is 5.94. The lowest BCUT2D eigenvalue weighted by Gasteiger charge is -2.03. The molecule has 2 rings (SSSR count). The van der Waals surface area contributed by atoms with Crippen LogP contribution in [0.15, 0.2) is 34.5 Å². The van der Waals surface area contributed by atoms with E-state index >= 15 is 0 Å². The average molecular weight is 246 g/mol. The zero-order valence-corrected chi connectivity index (χ0v) is 10.2.